The number of methoxy groups -OCH3 is 2. The van der Waals surface area contributed by atoms with E-state index >= 15 is 0 Å². The highest BCUT2D eigenvalue weighted by Gasteiger charge is 2.23. The molecule has 0 aliphatic rings. The Morgan fingerprint density at radius 2 is 0.951 bits per heavy atom. The zero-order valence-electron chi connectivity index (χ0n) is 24.5. The molecule has 0 spiro atoms. The van der Waals surface area contributed by atoms with Gasteiger partial charge in [-0.2, -0.15) is 0 Å². The first-order chi connectivity index (χ1) is 20.1. The van der Waals surface area contributed by atoms with Crippen LogP contribution < -0.4 is 9.47 Å². The minimum atomic E-state index is 0.844. The molecule has 2 heterocycles. The topological polar surface area (TPSA) is 28.3 Å². The molecule has 0 N–H and O–H groups in total. The number of hydrogen-bond acceptors (Lipinski definition) is 2. The lowest BCUT2D eigenvalue weighted by molar-refractivity contribution is 0.415. The van der Waals surface area contributed by atoms with Crippen molar-refractivity contribution in [3.63, 3.8) is 0 Å². The molecule has 41 heavy (non-hydrogen) atoms. The number of hydrogen-bond donors (Lipinski definition) is 0. The highest BCUT2D eigenvalue weighted by Crippen LogP contribution is 2.37. The summed E-state index contributed by atoms with van der Waals surface area (Å²) in [5.74, 6) is 1.78. The lowest BCUT2D eigenvalue weighted by atomic mass is 9.97. The molecular formula is C37H38N2O2. The van der Waals surface area contributed by atoms with Gasteiger partial charge < -0.3 is 18.6 Å². The maximum Gasteiger partial charge on any atom is 0.119 e. The summed E-state index contributed by atoms with van der Waals surface area (Å²) in [6.07, 6.45) is 2.75. The highest BCUT2D eigenvalue weighted by molar-refractivity contribution is 5.91. The third-order valence-electron chi connectivity index (χ3n) is 8.38. The van der Waals surface area contributed by atoms with E-state index in [0.29, 0.717) is 0 Å². The van der Waals surface area contributed by atoms with Crippen LogP contribution in [0.5, 0.6) is 11.5 Å². The Bertz CT molecular complexity index is 1660. The summed E-state index contributed by atoms with van der Waals surface area (Å²) in [5.41, 5.74) is 10.6. The van der Waals surface area contributed by atoms with Gasteiger partial charge in [-0.1, -0.05) is 74.5 Å². The Morgan fingerprint density at radius 1 is 0.537 bits per heavy atom. The smallest absolute Gasteiger partial charge is 0.119 e. The van der Waals surface area contributed by atoms with E-state index in [2.05, 4.69) is 120 Å². The average Bonchev–Trinajstić information content (AvgIpc) is 3.48. The molecule has 4 aromatic carbocycles. The van der Waals surface area contributed by atoms with Crippen LogP contribution in [0.1, 0.15) is 47.5 Å². The van der Waals surface area contributed by atoms with Crippen molar-refractivity contribution in [3.8, 4) is 11.5 Å². The number of nitrogens with zero attached hydrogens (tertiary/aromatic N) is 2. The van der Waals surface area contributed by atoms with E-state index in [-0.39, 0.29) is 0 Å². The second-order valence-corrected chi connectivity index (χ2v) is 10.6. The molecular weight excluding hydrogens is 504 g/mol. The molecule has 2 aromatic heterocycles. The van der Waals surface area contributed by atoms with E-state index in [1.165, 1.54) is 55.4 Å². The van der Waals surface area contributed by atoms with Crippen LogP contribution >= 0.6 is 0 Å². The summed E-state index contributed by atoms with van der Waals surface area (Å²) < 4.78 is 16.4. The van der Waals surface area contributed by atoms with Crippen molar-refractivity contribution in [1.29, 1.82) is 0 Å². The molecule has 208 valence electrons. The number of benzene rings is 4. The first kappa shape index (κ1) is 26.8. The number of rotatable bonds is 10. The first-order valence-electron chi connectivity index (χ1n) is 14.6. The molecule has 0 radical (unpaired) electrons. The van der Waals surface area contributed by atoms with Crippen LogP contribution in [0.2, 0.25) is 0 Å². The second kappa shape index (κ2) is 11.6. The van der Waals surface area contributed by atoms with Gasteiger partial charge in [0.1, 0.15) is 11.5 Å². The molecule has 6 aromatic rings. The molecule has 4 heteroatoms. The Hall–Kier alpha value is -4.44. The van der Waals surface area contributed by atoms with E-state index in [4.69, 9.17) is 9.47 Å². The Labute approximate surface area is 242 Å². The summed E-state index contributed by atoms with van der Waals surface area (Å²) in [6, 6.07) is 34.6. The molecule has 0 aliphatic heterocycles. The lowest BCUT2D eigenvalue weighted by Gasteiger charge is -2.13. The SMILES string of the molecule is CCc1c(Cc2c(CC)n(Cc3ccccc3)c3ccc(OC)cc23)c2cc(OC)ccc2n1Cc1ccccc1. The summed E-state index contributed by atoms with van der Waals surface area (Å²) in [7, 11) is 3.50. The van der Waals surface area contributed by atoms with Crippen LogP contribution in [-0.2, 0) is 32.4 Å². The molecule has 0 amide bonds. The molecule has 4 nitrogen and oxygen atoms in total. The standard InChI is InChI=1S/C37H38N2O2/c1-5-34-32(30-21-28(40-3)17-19-36(30)38(34)24-26-13-9-7-10-14-26)23-33-31-22-29(41-4)18-20-37(31)39(35(33)6-2)25-27-15-11-8-12-16-27/h7-22H,5-6,23-25H2,1-4H3. The first-order valence-corrected chi connectivity index (χ1v) is 14.6. The van der Waals surface area contributed by atoms with Crippen LogP contribution in [0.4, 0.5) is 0 Å². The van der Waals surface area contributed by atoms with Gasteiger partial charge in [-0.05, 0) is 71.5 Å². The van der Waals surface area contributed by atoms with E-state index in [1.807, 2.05) is 0 Å². The van der Waals surface area contributed by atoms with E-state index in [0.717, 1.165) is 43.9 Å². The minimum absolute atomic E-state index is 0.844. The minimum Gasteiger partial charge on any atom is -0.497 e. The second-order valence-electron chi connectivity index (χ2n) is 10.6. The van der Waals surface area contributed by atoms with Crippen molar-refractivity contribution in [2.24, 2.45) is 0 Å². The molecule has 0 saturated heterocycles. The summed E-state index contributed by atoms with van der Waals surface area (Å²) in [6.45, 7) is 6.24. The van der Waals surface area contributed by atoms with Crippen molar-refractivity contribution in [2.75, 3.05) is 14.2 Å². The number of fused-ring (bicyclic) bond motifs is 2. The molecule has 0 saturated carbocycles. The van der Waals surface area contributed by atoms with Crippen molar-refractivity contribution in [2.45, 2.75) is 46.2 Å². The predicted octanol–water partition coefficient (Wildman–Crippen LogP) is 8.43. The number of ether oxygens (including phenoxy) is 2. The van der Waals surface area contributed by atoms with Crippen molar-refractivity contribution < 1.29 is 9.47 Å². The van der Waals surface area contributed by atoms with Gasteiger partial charge in [0.2, 0.25) is 0 Å². The zero-order valence-corrected chi connectivity index (χ0v) is 24.5. The summed E-state index contributed by atoms with van der Waals surface area (Å²) >= 11 is 0. The largest absolute Gasteiger partial charge is 0.497 e. The van der Waals surface area contributed by atoms with Crippen LogP contribution in [0.15, 0.2) is 97.1 Å². The van der Waals surface area contributed by atoms with Gasteiger partial charge in [-0.15, -0.1) is 0 Å². The Morgan fingerprint density at radius 3 is 1.32 bits per heavy atom. The third kappa shape index (κ3) is 4.99. The van der Waals surface area contributed by atoms with E-state index < -0.39 is 0 Å². The fraction of sp³-hybridized carbons (Fsp3) is 0.243. The van der Waals surface area contributed by atoms with Gasteiger partial charge in [-0.3, -0.25) is 0 Å². The van der Waals surface area contributed by atoms with Crippen molar-refractivity contribution in [1.82, 2.24) is 9.13 Å². The summed E-state index contributed by atoms with van der Waals surface area (Å²) in [4.78, 5) is 0. The maximum atomic E-state index is 5.71. The van der Waals surface area contributed by atoms with Gasteiger partial charge in [0.05, 0.1) is 14.2 Å². The van der Waals surface area contributed by atoms with Gasteiger partial charge >= 0.3 is 0 Å². The Kier molecular flexibility index (Phi) is 7.56. The quantitative estimate of drug-likeness (QED) is 0.174. The molecule has 0 fully saturated rings. The van der Waals surface area contributed by atoms with Crippen LogP contribution in [0.3, 0.4) is 0 Å². The zero-order chi connectivity index (χ0) is 28.3. The van der Waals surface area contributed by atoms with Gasteiger partial charge in [0.25, 0.3) is 0 Å². The lowest BCUT2D eigenvalue weighted by Crippen LogP contribution is -2.07. The van der Waals surface area contributed by atoms with E-state index in [9.17, 15) is 0 Å². The molecule has 0 bridgehead atoms. The van der Waals surface area contributed by atoms with Gasteiger partial charge in [0, 0.05) is 52.7 Å². The van der Waals surface area contributed by atoms with Crippen LogP contribution in [0, 0.1) is 0 Å². The third-order valence-corrected chi connectivity index (χ3v) is 8.38. The maximum absolute atomic E-state index is 5.71. The molecule has 6 rings (SSSR count). The molecule has 0 atom stereocenters. The molecule has 0 aliphatic carbocycles. The Balaban J connectivity index is 1.57. The normalized spacial score (nSPS) is 11.4. The van der Waals surface area contributed by atoms with Crippen molar-refractivity contribution in [3.05, 3.63) is 131 Å². The number of aromatic nitrogens is 2. The molecule has 0 unspecified atom stereocenters. The van der Waals surface area contributed by atoms with E-state index in [1.54, 1.807) is 14.2 Å². The fourth-order valence-electron chi connectivity index (χ4n) is 6.44. The fourth-order valence-corrected chi connectivity index (χ4v) is 6.44. The predicted molar refractivity (Wildman–Crippen MR) is 170 cm³/mol. The van der Waals surface area contributed by atoms with Gasteiger partial charge in [0.15, 0.2) is 0 Å². The van der Waals surface area contributed by atoms with Crippen LogP contribution in [-0.4, -0.2) is 23.4 Å². The summed E-state index contributed by atoms with van der Waals surface area (Å²) in [5, 5.41) is 2.54. The monoisotopic (exact) mass is 542 g/mol. The van der Waals surface area contributed by atoms with Crippen molar-refractivity contribution >= 4 is 21.8 Å². The van der Waals surface area contributed by atoms with Gasteiger partial charge in [-0.25, -0.2) is 0 Å². The highest BCUT2D eigenvalue weighted by atomic mass is 16.5. The van der Waals surface area contributed by atoms with Crippen LogP contribution in [0.25, 0.3) is 21.8 Å². The average molecular weight is 543 g/mol.